The van der Waals surface area contributed by atoms with Crippen molar-refractivity contribution in [3.8, 4) is 0 Å². The highest BCUT2D eigenvalue weighted by Gasteiger charge is 2.42. The van der Waals surface area contributed by atoms with E-state index in [9.17, 15) is 0 Å². The van der Waals surface area contributed by atoms with Crippen molar-refractivity contribution in [2.75, 3.05) is 0 Å². The maximum absolute atomic E-state index is 5.30. The van der Waals surface area contributed by atoms with Crippen LogP contribution in [0.25, 0.3) is 0 Å². The minimum absolute atomic E-state index is 0.146. The first-order valence-electron chi connectivity index (χ1n) is 20.7. The third kappa shape index (κ3) is 7.95. The number of nitrogens with one attached hydrogen (secondary N) is 2. The highest BCUT2D eigenvalue weighted by Crippen LogP contribution is 2.41. The van der Waals surface area contributed by atoms with Crippen molar-refractivity contribution in [1.82, 2.24) is 10.6 Å². The van der Waals surface area contributed by atoms with Crippen LogP contribution in [0.1, 0.15) is 84.7 Å². The Bertz CT molecular complexity index is 1770. The van der Waals surface area contributed by atoms with Crippen LogP contribution >= 0.6 is 0 Å². The smallest absolute Gasteiger partial charge is 0.0950 e. The lowest BCUT2D eigenvalue weighted by molar-refractivity contribution is 0.281. The zero-order chi connectivity index (χ0) is 37.9. The van der Waals surface area contributed by atoms with Crippen LogP contribution in [0, 0.1) is 0 Å². The molecule has 4 atom stereocenters. The molecule has 2 saturated carbocycles. The van der Waals surface area contributed by atoms with Gasteiger partial charge in [-0.1, -0.05) is 208 Å². The van der Waals surface area contributed by atoms with Gasteiger partial charge in [-0.05, 0) is 59.1 Å². The van der Waals surface area contributed by atoms with Crippen molar-refractivity contribution in [2.24, 2.45) is 9.98 Å². The SMILES string of the molecule is C(C=NC1CCCC[C@H]1NC(c1ccccc1)(c1ccccc1)c1ccccc1)=NC1CCCC[C@@H]1NC(c1ccccc1)(c1ccccc1)c1ccccc1. The Kier molecular flexibility index (Phi) is 12.1. The summed E-state index contributed by atoms with van der Waals surface area (Å²) in [6.45, 7) is 0. The van der Waals surface area contributed by atoms with Crippen molar-refractivity contribution in [3.05, 3.63) is 215 Å². The first-order chi connectivity index (χ1) is 27.8. The van der Waals surface area contributed by atoms with Gasteiger partial charge in [-0.3, -0.25) is 20.6 Å². The summed E-state index contributed by atoms with van der Waals surface area (Å²) >= 11 is 0. The molecule has 2 aliphatic carbocycles. The topological polar surface area (TPSA) is 48.8 Å². The normalized spacial score (nSPS) is 20.6. The van der Waals surface area contributed by atoms with Crippen molar-refractivity contribution < 1.29 is 0 Å². The minimum atomic E-state index is -0.516. The fraction of sp³-hybridized carbons (Fsp3) is 0.269. The minimum Gasteiger partial charge on any atom is -0.295 e. The van der Waals surface area contributed by atoms with Gasteiger partial charge in [-0.15, -0.1) is 0 Å². The Balaban J connectivity index is 1.08. The Morgan fingerprint density at radius 3 is 0.821 bits per heavy atom. The summed E-state index contributed by atoms with van der Waals surface area (Å²) in [5, 5.41) is 8.54. The summed E-state index contributed by atoms with van der Waals surface area (Å²) in [5.41, 5.74) is 6.39. The van der Waals surface area contributed by atoms with Crippen LogP contribution < -0.4 is 10.6 Å². The monoisotopic (exact) mass is 734 g/mol. The molecular formula is C52H54N4. The number of nitrogens with zero attached hydrogens (tertiary/aromatic N) is 2. The Morgan fingerprint density at radius 2 is 0.571 bits per heavy atom. The third-order valence-corrected chi connectivity index (χ3v) is 12.1. The van der Waals surface area contributed by atoms with Crippen molar-refractivity contribution in [1.29, 1.82) is 0 Å². The highest BCUT2D eigenvalue weighted by atomic mass is 15.1. The van der Waals surface area contributed by atoms with Gasteiger partial charge in [0, 0.05) is 24.5 Å². The summed E-state index contributed by atoms with van der Waals surface area (Å²) in [4.78, 5) is 10.6. The summed E-state index contributed by atoms with van der Waals surface area (Å²) in [7, 11) is 0. The summed E-state index contributed by atoms with van der Waals surface area (Å²) in [6, 6.07) is 66.3. The molecule has 0 radical (unpaired) electrons. The van der Waals surface area contributed by atoms with Gasteiger partial charge in [0.2, 0.25) is 0 Å². The van der Waals surface area contributed by atoms with E-state index in [0.29, 0.717) is 0 Å². The van der Waals surface area contributed by atoms with Gasteiger partial charge in [0.15, 0.2) is 0 Å². The van der Waals surface area contributed by atoms with E-state index in [1.165, 1.54) is 59.1 Å². The van der Waals surface area contributed by atoms with Crippen LogP contribution in [0.15, 0.2) is 192 Å². The second-order valence-corrected chi connectivity index (χ2v) is 15.5. The Labute approximate surface area is 333 Å². The maximum Gasteiger partial charge on any atom is 0.0950 e. The molecule has 56 heavy (non-hydrogen) atoms. The molecule has 4 nitrogen and oxygen atoms in total. The molecule has 8 rings (SSSR count). The molecule has 6 aromatic rings. The predicted molar refractivity (Wildman–Crippen MR) is 234 cm³/mol. The average Bonchev–Trinajstić information content (AvgIpc) is 3.29. The first kappa shape index (κ1) is 37.5. The van der Waals surface area contributed by atoms with Gasteiger partial charge in [-0.25, -0.2) is 0 Å². The number of aliphatic imine (C=N–C) groups is 2. The largest absolute Gasteiger partial charge is 0.295 e. The van der Waals surface area contributed by atoms with Crippen LogP contribution in [-0.2, 0) is 11.1 Å². The standard InChI is InChI=1S/C52H54N4/c1-7-23-41(24-8-1)51(42-25-9-2-10-26-42,43-27-11-3-12-28-43)55-49-37-21-19-35-47(49)53-39-40-54-48-36-20-22-38-50(48)56-52(44-29-13-4-14-30-44,45-31-15-5-16-32-45)46-33-17-6-18-34-46/h1-18,23-34,39-40,47-50,55-56H,19-22,35-38H2/t47?,48?,49-,50+. The second-order valence-electron chi connectivity index (χ2n) is 15.5. The van der Waals surface area contributed by atoms with E-state index in [1.807, 2.05) is 12.4 Å². The van der Waals surface area contributed by atoms with E-state index < -0.39 is 11.1 Å². The number of benzene rings is 6. The van der Waals surface area contributed by atoms with Crippen molar-refractivity contribution >= 4 is 12.4 Å². The van der Waals surface area contributed by atoms with Gasteiger partial charge in [-0.2, -0.15) is 0 Å². The lowest BCUT2D eigenvalue weighted by Crippen LogP contribution is -2.54. The predicted octanol–water partition coefficient (Wildman–Crippen LogP) is 10.9. The molecular weight excluding hydrogens is 681 g/mol. The molecule has 0 bridgehead atoms. The van der Waals surface area contributed by atoms with Crippen LogP contribution in [-0.4, -0.2) is 36.6 Å². The molecule has 282 valence electrons. The molecule has 2 fully saturated rings. The molecule has 2 N–H and O–H groups in total. The fourth-order valence-corrected chi connectivity index (χ4v) is 9.40. The molecule has 0 amide bonds. The van der Waals surface area contributed by atoms with E-state index in [2.05, 4.69) is 193 Å². The lowest BCUT2D eigenvalue weighted by atomic mass is 9.75. The zero-order valence-electron chi connectivity index (χ0n) is 32.3. The maximum atomic E-state index is 5.30. The molecule has 0 saturated heterocycles. The molecule has 0 aliphatic heterocycles. The average molecular weight is 735 g/mol. The quantitative estimate of drug-likeness (QED) is 0.0917. The first-order valence-corrected chi connectivity index (χ1v) is 20.7. The van der Waals surface area contributed by atoms with E-state index in [1.54, 1.807) is 0 Å². The number of rotatable bonds is 13. The molecule has 0 heterocycles. The third-order valence-electron chi connectivity index (χ3n) is 12.1. The van der Waals surface area contributed by atoms with Crippen LogP contribution in [0.5, 0.6) is 0 Å². The van der Waals surface area contributed by atoms with E-state index >= 15 is 0 Å². The number of hydrogen-bond acceptors (Lipinski definition) is 4. The fourth-order valence-electron chi connectivity index (χ4n) is 9.40. The van der Waals surface area contributed by atoms with Crippen LogP contribution in [0.3, 0.4) is 0 Å². The molecule has 4 heteroatoms. The lowest BCUT2D eigenvalue weighted by Gasteiger charge is -2.43. The van der Waals surface area contributed by atoms with Gasteiger partial charge in [0.05, 0.1) is 23.2 Å². The van der Waals surface area contributed by atoms with Crippen molar-refractivity contribution in [3.63, 3.8) is 0 Å². The molecule has 6 aromatic carbocycles. The Hall–Kier alpha value is -5.42. The molecule has 0 aromatic heterocycles. The van der Waals surface area contributed by atoms with Crippen molar-refractivity contribution in [2.45, 2.75) is 86.6 Å². The zero-order valence-corrected chi connectivity index (χ0v) is 32.3. The molecule has 0 spiro atoms. The van der Waals surface area contributed by atoms with Gasteiger partial charge in [0.1, 0.15) is 0 Å². The van der Waals surface area contributed by atoms with E-state index in [4.69, 9.17) is 9.98 Å². The van der Waals surface area contributed by atoms with Crippen LogP contribution in [0.2, 0.25) is 0 Å². The second kappa shape index (κ2) is 18.0. The molecule has 2 aliphatic rings. The van der Waals surface area contributed by atoms with Crippen LogP contribution in [0.4, 0.5) is 0 Å². The molecule has 2 unspecified atom stereocenters. The highest BCUT2D eigenvalue weighted by molar-refractivity contribution is 6.16. The summed E-state index contributed by atoms with van der Waals surface area (Å²) < 4.78 is 0. The summed E-state index contributed by atoms with van der Waals surface area (Å²) in [5.74, 6) is 0. The van der Waals surface area contributed by atoms with Gasteiger partial charge in [0.25, 0.3) is 0 Å². The number of hydrogen-bond donors (Lipinski definition) is 2. The van der Waals surface area contributed by atoms with Gasteiger partial charge < -0.3 is 0 Å². The van der Waals surface area contributed by atoms with E-state index in [-0.39, 0.29) is 24.2 Å². The van der Waals surface area contributed by atoms with Gasteiger partial charge >= 0.3 is 0 Å². The van der Waals surface area contributed by atoms with E-state index in [0.717, 1.165) is 25.7 Å². The Morgan fingerprint density at radius 1 is 0.339 bits per heavy atom. The summed E-state index contributed by atoms with van der Waals surface area (Å²) in [6.07, 6.45) is 13.0.